The Bertz CT molecular complexity index is 776. The molecule has 0 aliphatic heterocycles. The van der Waals surface area contributed by atoms with Gasteiger partial charge in [-0.3, -0.25) is 0 Å². The largest absolute Gasteiger partial charge is 0.507 e. The van der Waals surface area contributed by atoms with Crippen LogP contribution in [0.5, 0.6) is 5.75 Å². The summed E-state index contributed by atoms with van der Waals surface area (Å²) in [6.07, 6.45) is 0. The molecule has 0 radical (unpaired) electrons. The summed E-state index contributed by atoms with van der Waals surface area (Å²) in [4.78, 5) is -0.0251. The fraction of sp³-hybridized carbons (Fsp3) is 0.143. The molecular formula is C14H15ClN2O3S. The minimum atomic E-state index is -3.79. The third kappa shape index (κ3) is 3.66. The van der Waals surface area contributed by atoms with Gasteiger partial charge in [-0.2, -0.15) is 0 Å². The second kappa shape index (κ2) is 5.93. The smallest absolute Gasteiger partial charge is 0.238 e. The number of aromatic hydroxyl groups is 1. The van der Waals surface area contributed by atoms with E-state index in [2.05, 4.69) is 5.32 Å². The normalized spacial score (nSPS) is 11.4. The number of para-hydroxylation sites is 1. The van der Waals surface area contributed by atoms with Crippen molar-refractivity contribution in [3.8, 4) is 5.75 Å². The van der Waals surface area contributed by atoms with Crippen molar-refractivity contribution >= 4 is 27.3 Å². The molecule has 0 saturated heterocycles. The molecule has 4 N–H and O–H groups in total. The van der Waals surface area contributed by atoms with Gasteiger partial charge in [0.15, 0.2) is 0 Å². The monoisotopic (exact) mass is 326 g/mol. The maximum Gasteiger partial charge on any atom is 0.238 e. The predicted octanol–water partition coefficient (Wildman–Crippen LogP) is 2.61. The van der Waals surface area contributed by atoms with Crippen molar-refractivity contribution in [2.24, 2.45) is 5.14 Å². The zero-order valence-electron chi connectivity index (χ0n) is 11.3. The molecule has 2 aromatic rings. The molecule has 0 aliphatic carbocycles. The van der Waals surface area contributed by atoms with Crippen LogP contribution in [-0.4, -0.2) is 13.5 Å². The number of phenols is 1. The molecular weight excluding hydrogens is 312 g/mol. The van der Waals surface area contributed by atoms with E-state index >= 15 is 0 Å². The quantitative estimate of drug-likeness (QED) is 0.805. The van der Waals surface area contributed by atoms with Crippen LogP contribution >= 0.6 is 11.6 Å². The van der Waals surface area contributed by atoms with Crippen molar-refractivity contribution in [2.45, 2.75) is 18.4 Å². The van der Waals surface area contributed by atoms with Crippen molar-refractivity contribution in [1.82, 2.24) is 0 Å². The Hall–Kier alpha value is -1.76. The van der Waals surface area contributed by atoms with Gasteiger partial charge in [0, 0.05) is 12.1 Å². The number of hydrogen-bond donors (Lipinski definition) is 3. The van der Waals surface area contributed by atoms with E-state index in [1.807, 2.05) is 6.07 Å². The minimum Gasteiger partial charge on any atom is -0.507 e. The van der Waals surface area contributed by atoms with Crippen LogP contribution in [-0.2, 0) is 16.6 Å². The van der Waals surface area contributed by atoms with Crippen LogP contribution in [0.3, 0.4) is 0 Å². The molecule has 7 heteroatoms. The number of benzene rings is 2. The van der Waals surface area contributed by atoms with Crippen molar-refractivity contribution in [2.75, 3.05) is 5.32 Å². The predicted molar refractivity (Wildman–Crippen MR) is 83.0 cm³/mol. The molecule has 5 nitrogen and oxygen atoms in total. The molecule has 0 fully saturated rings. The van der Waals surface area contributed by atoms with Crippen LogP contribution in [0.25, 0.3) is 0 Å². The minimum absolute atomic E-state index is 0.0251. The number of aryl methyl sites for hydroxylation is 1. The summed E-state index contributed by atoms with van der Waals surface area (Å²) in [6, 6.07) is 9.56. The first-order chi connectivity index (χ1) is 9.79. The summed E-state index contributed by atoms with van der Waals surface area (Å²) in [7, 11) is -3.79. The van der Waals surface area contributed by atoms with Gasteiger partial charge in [0.05, 0.1) is 15.6 Å². The highest BCUT2D eigenvalue weighted by Crippen LogP contribution is 2.27. The highest BCUT2D eigenvalue weighted by Gasteiger charge is 2.11. The van der Waals surface area contributed by atoms with E-state index in [0.29, 0.717) is 22.8 Å². The van der Waals surface area contributed by atoms with Crippen molar-refractivity contribution in [3.05, 3.63) is 52.5 Å². The molecule has 0 aromatic heterocycles. The molecule has 21 heavy (non-hydrogen) atoms. The van der Waals surface area contributed by atoms with Crippen LogP contribution < -0.4 is 10.5 Å². The molecule has 0 heterocycles. The Morgan fingerprint density at radius 3 is 2.67 bits per heavy atom. The molecule has 0 saturated carbocycles. The zero-order chi connectivity index (χ0) is 15.6. The van der Waals surface area contributed by atoms with E-state index in [1.165, 1.54) is 18.2 Å². The first-order valence-corrected chi connectivity index (χ1v) is 8.05. The highest BCUT2D eigenvalue weighted by molar-refractivity contribution is 7.89. The molecule has 0 unspecified atom stereocenters. The Morgan fingerprint density at radius 2 is 2.00 bits per heavy atom. The number of phenolic OH excluding ortho intramolecular Hbond substituents is 1. The number of sulfonamides is 1. The molecule has 2 rings (SSSR count). The molecule has 0 aliphatic rings. The fourth-order valence-corrected chi connectivity index (χ4v) is 2.59. The third-order valence-corrected chi connectivity index (χ3v) is 4.30. The van der Waals surface area contributed by atoms with Crippen molar-refractivity contribution in [1.29, 1.82) is 0 Å². The summed E-state index contributed by atoms with van der Waals surface area (Å²) in [5.74, 6) is 0.198. The molecule has 0 spiro atoms. The van der Waals surface area contributed by atoms with Gasteiger partial charge in [0.2, 0.25) is 10.0 Å². The van der Waals surface area contributed by atoms with Crippen LogP contribution in [0.1, 0.15) is 11.1 Å². The van der Waals surface area contributed by atoms with E-state index < -0.39 is 10.0 Å². The standard InChI is InChI=1S/C14H15ClN2O3S/c1-9-3-2-4-10(14(9)18)8-17-13-7-11(21(16,19)20)5-6-12(13)15/h2-7,17-18H,8H2,1H3,(H2,16,19,20). The number of nitrogens with two attached hydrogens (primary N) is 1. The molecule has 0 bridgehead atoms. The summed E-state index contributed by atoms with van der Waals surface area (Å²) in [5, 5.41) is 18.4. The Labute approximate surface area is 128 Å². The Balaban J connectivity index is 2.26. The SMILES string of the molecule is Cc1cccc(CNc2cc(S(N)(=O)=O)ccc2Cl)c1O. The summed E-state index contributed by atoms with van der Waals surface area (Å²) in [6.45, 7) is 2.11. The van der Waals surface area contributed by atoms with Crippen LogP contribution in [0, 0.1) is 6.92 Å². The van der Waals surface area contributed by atoms with E-state index in [-0.39, 0.29) is 10.6 Å². The van der Waals surface area contributed by atoms with E-state index in [1.54, 1.807) is 19.1 Å². The van der Waals surface area contributed by atoms with Gasteiger partial charge >= 0.3 is 0 Å². The second-order valence-electron chi connectivity index (χ2n) is 4.62. The molecule has 0 atom stereocenters. The maximum atomic E-state index is 11.3. The van der Waals surface area contributed by atoms with Crippen molar-refractivity contribution in [3.63, 3.8) is 0 Å². The van der Waals surface area contributed by atoms with Gasteiger partial charge in [-0.25, -0.2) is 13.6 Å². The third-order valence-electron chi connectivity index (χ3n) is 3.06. The lowest BCUT2D eigenvalue weighted by Gasteiger charge is -2.12. The van der Waals surface area contributed by atoms with E-state index in [0.717, 1.165) is 5.56 Å². The second-order valence-corrected chi connectivity index (χ2v) is 6.59. The first kappa shape index (κ1) is 15.6. The van der Waals surface area contributed by atoms with Gasteiger partial charge in [0.1, 0.15) is 5.75 Å². The Morgan fingerprint density at radius 1 is 1.29 bits per heavy atom. The first-order valence-electron chi connectivity index (χ1n) is 6.12. The van der Waals surface area contributed by atoms with Gasteiger partial charge in [-0.15, -0.1) is 0 Å². The molecule has 2 aromatic carbocycles. The molecule has 0 amide bonds. The zero-order valence-corrected chi connectivity index (χ0v) is 12.9. The summed E-state index contributed by atoms with van der Waals surface area (Å²) in [5.41, 5.74) is 1.88. The number of nitrogens with one attached hydrogen (secondary N) is 1. The average molecular weight is 327 g/mol. The van der Waals surface area contributed by atoms with Gasteiger partial charge < -0.3 is 10.4 Å². The summed E-state index contributed by atoms with van der Waals surface area (Å²) < 4.78 is 22.7. The van der Waals surface area contributed by atoms with Gasteiger partial charge in [-0.05, 0) is 30.7 Å². The number of halogens is 1. The van der Waals surface area contributed by atoms with Gasteiger partial charge in [0.25, 0.3) is 0 Å². The number of anilines is 1. The van der Waals surface area contributed by atoms with Crippen molar-refractivity contribution < 1.29 is 13.5 Å². The number of rotatable bonds is 4. The van der Waals surface area contributed by atoms with E-state index in [9.17, 15) is 13.5 Å². The van der Waals surface area contributed by atoms with Crippen LogP contribution in [0.4, 0.5) is 5.69 Å². The van der Waals surface area contributed by atoms with Crippen LogP contribution in [0.15, 0.2) is 41.3 Å². The topological polar surface area (TPSA) is 92.4 Å². The lowest BCUT2D eigenvalue weighted by molar-refractivity contribution is 0.465. The molecule has 112 valence electrons. The lowest BCUT2D eigenvalue weighted by atomic mass is 10.1. The Kier molecular flexibility index (Phi) is 4.41. The van der Waals surface area contributed by atoms with E-state index in [4.69, 9.17) is 16.7 Å². The highest BCUT2D eigenvalue weighted by atomic mass is 35.5. The fourth-order valence-electron chi connectivity index (χ4n) is 1.87. The number of hydrogen-bond acceptors (Lipinski definition) is 4. The number of primary sulfonamides is 1. The summed E-state index contributed by atoms with van der Waals surface area (Å²) >= 11 is 6.02. The van der Waals surface area contributed by atoms with Gasteiger partial charge in [-0.1, -0.05) is 29.8 Å². The average Bonchev–Trinajstić information content (AvgIpc) is 2.40. The maximum absolute atomic E-state index is 11.3. The lowest BCUT2D eigenvalue weighted by Crippen LogP contribution is -2.12. The van der Waals surface area contributed by atoms with Crippen LogP contribution in [0.2, 0.25) is 5.02 Å².